The van der Waals surface area contributed by atoms with Crippen LogP contribution in [0.3, 0.4) is 0 Å². The van der Waals surface area contributed by atoms with E-state index in [0.717, 1.165) is 6.42 Å². The molecule has 0 aliphatic rings. The van der Waals surface area contributed by atoms with Gasteiger partial charge in [0.25, 0.3) is 0 Å². The van der Waals surface area contributed by atoms with Gasteiger partial charge in [-0.3, -0.25) is 9.59 Å². The molecule has 0 fully saturated rings. The third-order valence-corrected chi connectivity index (χ3v) is 2.82. The first kappa shape index (κ1) is 16.1. The Kier molecular flexibility index (Phi) is 6.70. The zero-order valence-corrected chi connectivity index (χ0v) is 11.7. The molecule has 0 bridgehead atoms. The van der Waals surface area contributed by atoms with Crippen LogP contribution in [0.5, 0.6) is 5.75 Å². The molecule has 0 aliphatic carbocycles. The number of hydrogen-bond acceptors (Lipinski definition) is 4. The van der Waals surface area contributed by atoms with Crippen molar-refractivity contribution in [3.05, 3.63) is 30.1 Å². The summed E-state index contributed by atoms with van der Waals surface area (Å²) in [5, 5.41) is 0. The first-order valence-electron chi connectivity index (χ1n) is 6.63. The molecule has 0 amide bonds. The van der Waals surface area contributed by atoms with Gasteiger partial charge >= 0.3 is 11.9 Å². The van der Waals surface area contributed by atoms with E-state index in [-0.39, 0.29) is 18.6 Å². The van der Waals surface area contributed by atoms with E-state index >= 15 is 0 Å². The Morgan fingerprint density at radius 1 is 1.20 bits per heavy atom. The zero-order valence-electron chi connectivity index (χ0n) is 11.7. The van der Waals surface area contributed by atoms with Crippen molar-refractivity contribution in [1.29, 1.82) is 0 Å². The van der Waals surface area contributed by atoms with Gasteiger partial charge in [0, 0.05) is 0 Å². The van der Waals surface area contributed by atoms with Gasteiger partial charge in [0.15, 0.2) is 11.6 Å². The summed E-state index contributed by atoms with van der Waals surface area (Å²) in [6, 6.07) is 5.61. The number of carbonyl (C=O) groups excluding carboxylic acids is 2. The van der Waals surface area contributed by atoms with E-state index in [0.29, 0.717) is 12.5 Å². The second-order valence-corrected chi connectivity index (χ2v) is 4.60. The molecule has 1 atom stereocenters. The molecule has 0 saturated heterocycles. The summed E-state index contributed by atoms with van der Waals surface area (Å²) in [6.45, 7) is 4.32. The van der Waals surface area contributed by atoms with Crippen LogP contribution >= 0.6 is 0 Å². The number of ether oxygens (including phenoxy) is 2. The number of halogens is 1. The van der Waals surface area contributed by atoms with Crippen LogP contribution in [-0.4, -0.2) is 18.5 Å². The van der Waals surface area contributed by atoms with Crippen LogP contribution < -0.4 is 4.74 Å². The molecule has 0 aromatic heterocycles. The van der Waals surface area contributed by atoms with Crippen LogP contribution in [0.4, 0.5) is 4.39 Å². The standard InChI is InChI=1S/C15H19FO4/c1-3-11(2)10-19-14(17)8-9-15(18)20-13-7-5-4-6-12(13)16/h4-7,11H,3,8-10H2,1-2H3. The van der Waals surface area contributed by atoms with E-state index in [4.69, 9.17) is 9.47 Å². The fourth-order valence-corrected chi connectivity index (χ4v) is 1.33. The molecule has 1 unspecified atom stereocenters. The number of hydrogen-bond donors (Lipinski definition) is 0. The normalized spacial score (nSPS) is 11.8. The van der Waals surface area contributed by atoms with Crippen molar-refractivity contribution < 1.29 is 23.5 Å². The minimum absolute atomic E-state index is 0.0658. The predicted molar refractivity (Wildman–Crippen MR) is 71.7 cm³/mol. The Bertz CT molecular complexity index is 459. The maximum absolute atomic E-state index is 13.2. The average molecular weight is 282 g/mol. The van der Waals surface area contributed by atoms with Crippen LogP contribution in [0.1, 0.15) is 33.1 Å². The van der Waals surface area contributed by atoms with Crippen LogP contribution in [0.2, 0.25) is 0 Å². The van der Waals surface area contributed by atoms with Crippen molar-refractivity contribution >= 4 is 11.9 Å². The van der Waals surface area contributed by atoms with Gasteiger partial charge in [-0.1, -0.05) is 32.4 Å². The summed E-state index contributed by atoms with van der Waals surface area (Å²) in [5.74, 6) is -1.55. The first-order valence-corrected chi connectivity index (χ1v) is 6.63. The van der Waals surface area contributed by atoms with Crippen molar-refractivity contribution in [1.82, 2.24) is 0 Å². The lowest BCUT2D eigenvalue weighted by atomic mass is 10.1. The Morgan fingerprint density at radius 2 is 1.85 bits per heavy atom. The third-order valence-electron chi connectivity index (χ3n) is 2.82. The molecule has 1 rings (SSSR count). The summed E-state index contributed by atoms with van der Waals surface area (Å²) in [5.41, 5.74) is 0. The van der Waals surface area contributed by atoms with Gasteiger partial charge in [0.05, 0.1) is 19.4 Å². The summed E-state index contributed by atoms with van der Waals surface area (Å²) in [4.78, 5) is 22.8. The molecule has 110 valence electrons. The number of carbonyl (C=O) groups is 2. The van der Waals surface area contributed by atoms with Crippen molar-refractivity contribution in [3.63, 3.8) is 0 Å². The lowest BCUT2D eigenvalue weighted by molar-refractivity contribution is -0.148. The molecule has 0 N–H and O–H groups in total. The SMILES string of the molecule is CCC(C)COC(=O)CCC(=O)Oc1ccccc1F. The quantitative estimate of drug-likeness (QED) is 0.569. The highest BCUT2D eigenvalue weighted by Gasteiger charge is 2.12. The van der Waals surface area contributed by atoms with E-state index < -0.39 is 17.8 Å². The van der Waals surface area contributed by atoms with Gasteiger partial charge in [-0.2, -0.15) is 0 Å². The number of para-hydroxylation sites is 1. The van der Waals surface area contributed by atoms with Crippen molar-refractivity contribution in [2.24, 2.45) is 5.92 Å². The van der Waals surface area contributed by atoms with E-state index in [1.54, 1.807) is 6.07 Å². The second-order valence-electron chi connectivity index (χ2n) is 4.60. The van der Waals surface area contributed by atoms with Gasteiger partial charge in [0.1, 0.15) is 0 Å². The van der Waals surface area contributed by atoms with Gasteiger partial charge in [0.2, 0.25) is 0 Å². The molecule has 0 heterocycles. The topological polar surface area (TPSA) is 52.6 Å². The second kappa shape index (κ2) is 8.30. The third kappa shape index (κ3) is 5.82. The van der Waals surface area contributed by atoms with Crippen LogP contribution in [0, 0.1) is 11.7 Å². The maximum atomic E-state index is 13.2. The number of benzene rings is 1. The Balaban J connectivity index is 2.30. The van der Waals surface area contributed by atoms with E-state index in [2.05, 4.69) is 0 Å². The molecular formula is C15H19FO4. The lowest BCUT2D eigenvalue weighted by Gasteiger charge is -2.09. The number of esters is 2. The molecule has 0 spiro atoms. The van der Waals surface area contributed by atoms with E-state index in [1.165, 1.54) is 18.2 Å². The summed E-state index contributed by atoms with van der Waals surface area (Å²) in [6.07, 6.45) is 0.722. The fourth-order valence-electron chi connectivity index (χ4n) is 1.33. The highest BCUT2D eigenvalue weighted by Crippen LogP contribution is 2.16. The molecule has 1 aromatic carbocycles. The monoisotopic (exact) mass is 282 g/mol. The molecule has 5 heteroatoms. The lowest BCUT2D eigenvalue weighted by Crippen LogP contribution is -2.15. The predicted octanol–water partition coefficient (Wildman–Crippen LogP) is 3.10. The molecule has 0 saturated carbocycles. The first-order chi connectivity index (χ1) is 9.52. The molecule has 4 nitrogen and oxygen atoms in total. The van der Waals surface area contributed by atoms with Crippen molar-refractivity contribution in [2.45, 2.75) is 33.1 Å². The minimum atomic E-state index is -0.657. The van der Waals surface area contributed by atoms with Gasteiger partial charge in [-0.05, 0) is 18.1 Å². The molecule has 0 aliphatic heterocycles. The molecular weight excluding hydrogens is 263 g/mol. The smallest absolute Gasteiger partial charge is 0.311 e. The highest BCUT2D eigenvalue weighted by molar-refractivity contribution is 5.79. The molecule has 1 aromatic rings. The van der Waals surface area contributed by atoms with Crippen LogP contribution in [0.15, 0.2) is 24.3 Å². The van der Waals surface area contributed by atoms with Gasteiger partial charge in [-0.25, -0.2) is 4.39 Å². The Labute approximate surface area is 117 Å². The van der Waals surface area contributed by atoms with Crippen LogP contribution in [0.25, 0.3) is 0 Å². The minimum Gasteiger partial charge on any atom is -0.465 e. The maximum Gasteiger partial charge on any atom is 0.311 e. The van der Waals surface area contributed by atoms with E-state index in [9.17, 15) is 14.0 Å². The number of rotatable bonds is 7. The Morgan fingerprint density at radius 3 is 2.50 bits per heavy atom. The fraction of sp³-hybridized carbons (Fsp3) is 0.467. The van der Waals surface area contributed by atoms with Crippen molar-refractivity contribution in [2.75, 3.05) is 6.61 Å². The average Bonchev–Trinajstić information content (AvgIpc) is 2.45. The van der Waals surface area contributed by atoms with Crippen molar-refractivity contribution in [3.8, 4) is 5.75 Å². The summed E-state index contributed by atoms with van der Waals surface area (Å²) in [7, 11) is 0. The Hall–Kier alpha value is -1.91. The summed E-state index contributed by atoms with van der Waals surface area (Å²) < 4.78 is 23.0. The molecule has 0 radical (unpaired) electrons. The zero-order chi connectivity index (χ0) is 15.0. The van der Waals surface area contributed by atoms with Gasteiger partial charge in [-0.15, -0.1) is 0 Å². The highest BCUT2D eigenvalue weighted by atomic mass is 19.1. The molecule has 20 heavy (non-hydrogen) atoms. The van der Waals surface area contributed by atoms with Gasteiger partial charge < -0.3 is 9.47 Å². The van der Waals surface area contributed by atoms with E-state index in [1.807, 2.05) is 13.8 Å². The largest absolute Gasteiger partial charge is 0.465 e. The van der Waals surface area contributed by atoms with Crippen LogP contribution in [-0.2, 0) is 14.3 Å². The summed E-state index contributed by atoms with van der Waals surface area (Å²) >= 11 is 0.